The fourth-order valence-corrected chi connectivity index (χ4v) is 5.98. The summed E-state index contributed by atoms with van der Waals surface area (Å²) in [5.74, 6) is 3.96. The van der Waals surface area contributed by atoms with E-state index in [1.165, 1.54) is 73.3 Å². The number of ether oxygens (including phenoxy) is 1. The van der Waals surface area contributed by atoms with Gasteiger partial charge in [-0.15, -0.1) is 0 Å². The number of rotatable bonds is 11. The van der Waals surface area contributed by atoms with E-state index in [4.69, 9.17) is 4.74 Å². The van der Waals surface area contributed by atoms with E-state index in [1.54, 1.807) is 0 Å². The minimum atomic E-state index is 0.487. The van der Waals surface area contributed by atoms with Crippen molar-refractivity contribution in [2.45, 2.75) is 56.8 Å². The summed E-state index contributed by atoms with van der Waals surface area (Å²) in [6.07, 6.45) is 9.69. The molecule has 0 saturated carbocycles. The van der Waals surface area contributed by atoms with Crippen molar-refractivity contribution in [1.29, 1.82) is 0 Å². The van der Waals surface area contributed by atoms with Crippen LogP contribution < -0.4 is 0 Å². The molecule has 2 atom stereocenters. The molecule has 2 aromatic carbocycles. The van der Waals surface area contributed by atoms with Gasteiger partial charge in [0, 0.05) is 18.6 Å². The Morgan fingerprint density at radius 2 is 1.54 bits per heavy atom. The smallest absolute Gasteiger partial charge is 0.133 e. The Kier molecular flexibility index (Phi) is 8.60. The number of hydrogen-bond acceptors (Lipinski definition) is 1. The Hall–Kier alpha value is -1.25. The van der Waals surface area contributed by atoms with Crippen molar-refractivity contribution in [3.63, 3.8) is 0 Å². The summed E-state index contributed by atoms with van der Waals surface area (Å²) >= 11 is 0. The molecule has 140 valence electrons. The van der Waals surface area contributed by atoms with Crippen molar-refractivity contribution in [3.8, 4) is 0 Å². The quantitative estimate of drug-likeness (QED) is 0.360. The van der Waals surface area contributed by atoms with E-state index in [-0.39, 0.29) is 0 Å². The second kappa shape index (κ2) is 11.5. The van der Waals surface area contributed by atoms with Crippen LogP contribution in [0.15, 0.2) is 60.7 Å². The van der Waals surface area contributed by atoms with E-state index in [1.807, 2.05) is 0 Å². The number of unbranched alkanes of at least 4 members (excludes halogenated alkanes) is 2. The molecular weight excluding hydrogens is 336 g/mol. The normalized spacial score (nSPS) is 18.1. The molecule has 0 N–H and O–H groups in total. The fraction of sp³-hybridized carbons (Fsp3) is 0.500. The lowest BCUT2D eigenvalue weighted by molar-refractivity contribution is 0.102. The van der Waals surface area contributed by atoms with Gasteiger partial charge in [0.15, 0.2) is 0 Å². The van der Waals surface area contributed by atoms with Gasteiger partial charge >= 0.3 is 0 Å². The molecule has 1 aliphatic heterocycles. The molecule has 26 heavy (non-hydrogen) atoms. The van der Waals surface area contributed by atoms with Crippen molar-refractivity contribution in [1.82, 2.24) is 0 Å². The third-order valence-electron chi connectivity index (χ3n) is 5.22. The van der Waals surface area contributed by atoms with Crippen LogP contribution in [0.2, 0.25) is 0 Å². The molecule has 0 bridgehead atoms. The maximum atomic E-state index is 5.75. The number of benzene rings is 2. The second-order valence-electron chi connectivity index (χ2n) is 7.37. The van der Waals surface area contributed by atoms with E-state index in [2.05, 4.69) is 60.7 Å². The van der Waals surface area contributed by atoms with Crippen LogP contribution in [0.25, 0.3) is 0 Å². The van der Waals surface area contributed by atoms with Gasteiger partial charge in [0.25, 0.3) is 0 Å². The van der Waals surface area contributed by atoms with Crippen LogP contribution in [0.5, 0.6) is 0 Å². The summed E-state index contributed by atoms with van der Waals surface area (Å²) in [5.41, 5.74) is 2.99. The van der Waals surface area contributed by atoms with Crippen molar-refractivity contribution in [2.75, 3.05) is 18.1 Å². The van der Waals surface area contributed by atoms with Crippen LogP contribution in [0, 0.1) is 0 Å². The first-order valence-corrected chi connectivity index (χ1v) is 12.0. The highest BCUT2D eigenvalue weighted by Crippen LogP contribution is 2.19. The lowest BCUT2D eigenvalue weighted by atomic mass is 10.1. The number of aryl methyl sites for hydroxylation is 1. The number of hydrogen-bond donors (Lipinski definition) is 0. The Balaban J connectivity index is 1.42. The molecule has 2 aromatic rings. The molecule has 2 unspecified atom stereocenters. The SMILES string of the molecule is c1ccc(CC[S+](CCCCCC2CCCO2)Cc2ccccc2)cc1. The highest BCUT2D eigenvalue weighted by molar-refractivity contribution is 7.96. The summed E-state index contributed by atoms with van der Waals surface area (Å²) in [6, 6.07) is 22.0. The third-order valence-corrected chi connectivity index (χ3v) is 7.61. The van der Waals surface area contributed by atoms with Gasteiger partial charge in [0.05, 0.1) is 6.10 Å². The van der Waals surface area contributed by atoms with Gasteiger partial charge in [-0.1, -0.05) is 67.1 Å². The van der Waals surface area contributed by atoms with Gasteiger partial charge in [-0.2, -0.15) is 0 Å². The average molecular weight is 370 g/mol. The van der Waals surface area contributed by atoms with Crippen molar-refractivity contribution < 1.29 is 4.74 Å². The van der Waals surface area contributed by atoms with E-state index in [0.717, 1.165) is 6.61 Å². The van der Waals surface area contributed by atoms with Gasteiger partial charge in [0.2, 0.25) is 0 Å². The van der Waals surface area contributed by atoms with Gasteiger partial charge in [-0.05, 0) is 48.6 Å². The lowest BCUT2D eigenvalue weighted by Gasteiger charge is -2.11. The predicted octanol–water partition coefficient (Wildman–Crippen LogP) is 5.79. The van der Waals surface area contributed by atoms with E-state index >= 15 is 0 Å². The minimum absolute atomic E-state index is 0.487. The molecular formula is C24H33OS+. The van der Waals surface area contributed by atoms with Gasteiger partial charge in [-0.3, -0.25) is 0 Å². The zero-order chi connectivity index (χ0) is 17.9. The van der Waals surface area contributed by atoms with Gasteiger partial charge in [0.1, 0.15) is 17.3 Å². The van der Waals surface area contributed by atoms with Gasteiger partial charge in [-0.25, -0.2) is 0 Å². The first-order valence-electron chi connectivity index (χ1n) is 10.2. The maximum absolute atomic E-state index is 5.75. The molecule has 1 saturated heterocycles. The Labute approximate surface area is 162 Å². The predicted molar refractivity (Wildman–Crippen MR) is 115 cm³/mol. The highest BCUT2D eigenvalue weighted by Gasteiger charge is 2.19. The fourth-order valence-electron chi connectivity index (χ4n) is 3.69. The van der Waals surface area contributed by atoms with Crippen LogP contribution in [0.3, 0.4) is 0 Å². The summed E-state index contributed by atoms with van der Waals surface area (Å²) in [5, 5.41) is 0. The third kappa shape index (κ3) is 7.17. The molecule has 0 aliphatic carbocycles. The molecule has 0 radical (unpaired) electrons. The van der Waals surface area contributed by atoms with Crippen molar-refractivity contribution in [3.05, 3.63) is 71.8 Å². The van der Waals surface area contributed by atoms with E-state index in [0.29, 0.717) is 17.0 Å². The molecule has 1 nitrogen and oxygen atoms in total. The topological polar surface area (TPSA) is 9.23 Å². The summed E-state index contributed by atoms with van der Waals surface area (Å²) < 4.78 is 5.75. The average Bonchev–Trinajstić information content (AvgIpc) is 3.21. The molecule has 0 spiro atoms. The van der Waals surface area contributed by atoms with Crippen molar-refractivity contribution >= 4 is 10.9 Å². The minimum Gasteiger partial charge on any atom is -0.378 e. The summed E-state index contributed by atoms with van der Waals surface area (Å²) in [6.45, 7) is 0.991. The first kappa shape index (κ1) is 19.5. The zero-order valence-corrected chi connectivity index (χ0v) is 16.8. The Morgan fingerprint density at radius 1 is 0.808 bits per heavy atom. The molecule has 0 aromatic heterocycles. The second-order valence-corrected chi connectivity index (χ2v) is 9.70. The van der Waals surface area contributed by atoms with Crippen LogP contribution >= 0.6 is 0 Å². The zero-order valence-electron chi connectivity index (χ0n) is 15.9. The lowest BCUT2D eigenvalue weighted by Crippen LogP contribution is -2.17. The molecule has 2 heteroatoms. The van der Waals surface area contributed by atoms with Crippen LogP contribution in [0.4, 0.5) is 0 Å². The molecule has 3 rings (SSSR count). The van der Waals surface area contributed by atoms with Crippen LogP contribution in [0.1, 0.15) is 49.7 Å². The molecule has 1 fully saturated rings. The molecule has 0 amide bonds. The van der Waals surface area contributed by atoms with Gasteiger partial charge < -0.3 is 4.74 Å². The summed E-state index contributed by atoms with van der Waals surface area (Å²) in [7, 11) is 0.487. The van der Waals surface area contributed by atoms with E-state index < -0.39 is 0 Å². The monoisotopic (exact) mass is 369 g/mol. The maximum Gasteiger partial charge on any atom is 0.133 e. The molecule has 1 aliphatic rings. The largest absolute Gasteiger partial charge is 0.378 e. The van der Waals surface area contributed by atoms with Crippen molar-refractivity contribution in [2.24, 2.45) is 0 Å². The van der Waals surface area contributed by atoms with Crippen LogP contribution in [-0.4, -0.2) is 24.2 Å². The van der Waals surface area contributed by atoms with Crippen LogP contribution in [-0.2, 0) is 27.8 Å². The first-order chi connectivity index (χ1) is 12.9. The Morgan fingerprint density at radius 3 is 2.23 bits per heavy atom. The molecule has 1 heterocycles. The highest BCUT2D eigenvalue weighted by atomic mass is 32.2. The Bertz CT molecular complexity index is 592. The standard InChI is InChI=1S/C24H33OS/c1-4-11-22(12-5-1)17-20-26(21-23-13-6-2-7-14-23)19-9-3-8-15-24-16-10-18-25-24/h1-2,4-7,11-14,24H,3,8-10,15-21H2/q+1. The van der Waals surface area contributed by atoms with E-state index in [9.17, 15) is 0 Å². The summed E-state index contributed by atoms with van der Waals surface area (Å²) in [4.78, 5) is 0.